The summed E-state index contributed by atoms with van der Waals surface area (Å²) in [6.07, 6.45) is 2.40. The smallest absolute Gasteiger partial charge is 0.317 e. The fourth-order valence-corrected chi connectivity index (χ4v) is 2.23. The van der Waals surface area contributed by atoms with Gasteiger partial charge in [0.25, 0.3) is 0 Å². The minimum absolute atomic E-state index is 0.0784. The van der Waals surface area contributed by atoms with Crippen LogP contribution in [0.25, 0.3) is 0 Å². The topological polar surface area (TPSA) is 69.6 Å². The fourth-order valence-electron chi connectivity index (χ4n) is 2.23. The van der Waals surface area contributed by atoms with Gasteiger partial charge in [-0.05, 0) is 32.1 Å². The van der Waals surface area contributed by atoms with Crippen LogP contribution in [-0.2, 0) is 4.79 Å². The van der Waals surface area contributed by atoms with E-state index in [1.54, 1.807) is 0 Å². The summed E-state index contributed by atoms with van der Waals surface area (Å²) in [6, 6.07) is 0.0389. The SMILES string of the molecule is CCC(CC)N(CC(C)C)C(=O)NC(C)CCC(=O)O. The van der Waals surface area contributed by atoms with E-state index in [9.17, 15) is 9.59 Å². The van der Waals surface area contributed by atoms with E-state index >= 15 is 0 Å². The van der Waals surface area contributed by atoms with E-state index in [0.717, 1.165) is 19.4 Å². The summed E-state index contributed by atoms with van der Waals surface area (Å²) in [7, 11) is 0. The third kappa shape index (κ3) is 7.36. The molecule has 0 saturated carbocycles. The molecule has 0 aromatic carbocycles. The van der Waals surface area contributed by atoms with Crippen LogP contribution in [0.2, 0.25) is 0 Å². The molecule has 118 valence electrons. The van der Waals surface area contributed by atoms with Crippen LogP contribution < -0.4 is 5.32 Å². The molecule has 2 amide bonds. The molecular weight excluding hydrogens is 256 g/mol. The zero-order valence-electron chi connectivity index (χ0n) is 13.5. The number of nitrogens with zero attached hydrogens (tertiary/aromatic N) is 1. The first-order valence-corrected chi connectivity index (χ1v) is 7.60. The lowest BCUT2D eigenvalue weighted by Gasteiger charge is -2.33. The molecule has 20 heavy (non-hydrogen) atoms. The molecule has 0 aromatic heterocycles. The maximum Gasteiger partial charge on any atom is 0.317 e. The lowest BCUT2D eigenvalue weighted by molar-refractivity contribution is -0.137. The number of nitrogens with one attached hydrogen (secondary N) is 1. The minimum Gasteiger partial charge on any atom is -0.481 e. The van der Waals surface area contributed by atoms with Crippen molar-refractivity contribution in [2.24, 2.45) is 5.92 Å². The highest BCUT2D eigenvalue weighted by Crippen LogP contribution is 2.12. The molecule has 0 spiro atoms. The van der Waals surface area contributed by atoms with Gasteiger partial charge in [0, 0.05) is 25.0 Å². The van der Waals surface area contributed by atoms with Crippen molar-refractivity contribution in [2.75, 3.05) is 6.54 Å². The molecule has 0 aliphatic rings. The molecule has 1 atom stereocenters. The van der Waals surface area contributed by atoms with Crippen molar-refractivity contribution in [1.82, 2.24) is 10.2 Å². The Morgan fingerprint density at radius 1 is 1.15 bits per heavy atom. The number of carboxylic acids is 1. The molecule has 0 aliphatic carbocycles. The van der Waals surface area contributed by atoms with Gasteiger partial charge in [-0.15, -0.1) is 0 Å². The Balaban J connectivity index is 4.57. The lowest BCUT2D eigenvalue weighted by Crippen LogP contribution is -2.49. The summed E-state index contributed by atoms with van der Waals surface area (Å²) in [4.78, 5) is 24.8. The van der Waals surface area contributed by atoms with Gasteiger partial charge >= 0.3 is 12.0 Å². The van der Waals surface area contributed by atoms with Gasteiger partial charge in [-0.25, -0.2) is 4.79 Å². The molecule has 5 nitrogen and oxygen atoms in total. The van der Waals surface area contributed by atoms with Gasteiger partial charge in [0.05, 0.1) is 0 Å². The summed E-state index contributed by atoms with van der Waals surface area (Å²) >= 11 is 0. The normalized spacial score (nSPS) is 12.6. The van der Waals surface area contributed by atoms with Crippen LogP contribution >= 0.6 is 0 Å². The standard InChI is InChI=1S/C15H30N2O3/c1-6-13(7-2)17(10-11(3)4)15(20)16-12(5)8-9-14(18)19/h11-13H,6-10H2,1-5H3,(H,16,20)(H,18,19). The quantitative estimate of drug-likeness (QED) is 0.684. The molecule has 0 fully saturated rings. The van der Waals surface area contributed by atoms with Gasteiger partial charge in [0.1, 0.15) is 0 Å². The Bertz CT molecular complexity index is 301. The second kappa shape index (κ2) is 9.61. The van der Waals surface area contributed by atoms with E-state index < -0.39 is 5.97 Å². The third-order valence-electron chi connectivity index (χ3n) is 3.37. The predicted octanol–water partition coefficient (Wildman–Crippen LogP) is 3.10. The summed E-state index contributed by atoms with van der Waals surface area (Å²) < 4.78 is 0. The average molecular weight is 286 g/mol. The Hall–Kier alpha value is -1.26. The first-order valence-electron chi connectivity index (χ1n) is 7.60. The van der Waals surface area contributed by atoms with Crippen LogP contribution in [0.1, 0.15) is 60.3 Å². The first kappa shape index (κ1) is 18.7. The maximum atomic E-state index is 12.4. The van der Waals surface area contributed by atoms with E-state index in [1.807, 2.05) is 11.8 Å². The number of hydrogen-bond donors (Lipinski definition) is 2. The number of carbonyl (C=O) groups excluding carboxylic acids is 1. The largest absolute Gasteiger partial charge is 0.481 e. The molecule has 0 aliphatic heterocycles. The average Bonchev–Trinajstić information content (AvgIpc) is 2.36. The van der Waals surface area contributed by atoms with Gasteiger partial charge in [-0.3, -0.25) is 4.79 Å². The van der Waals surface area contributed by atoms with Crippen LogP contribution in [0, 0.1) is 5.92 Å². The zero-order valence-corrected chi connectivity index (χ0v) is 13.5. The Labute approximate surface area is 122 Å². The van der Waals surface area contributed by atoms with Crippen molar-refractivity contribution in [3.8, 4) is 0 Å². The third-order valence-corrected chi connectivity index (χ3v) is 3.37. The Morgan fingerprint density at radius 2 is 1.70 bits per heavy atom. The van der Waals surface area contributed by atoms with Gasteiger partial charge in [0.15, 0.2) is 0 Å². The number of urea groups is 1. The van der Waals surface area contributed by atoms with Crippen LogP contribution in [0.15, 0.2) is 0 Å². The van der Waals surface area contributed by atoms with E-state index in [2.05, 4.69) is 33.0 Å². The molecule has 0 rings (SSSR count). The van der Waals surface area contributed by atoms with Crippen LogP contribution in [0.5, 0.6) is 0 Å². The van der Waals surface area contributed by atoms with Crippen molar-refractivity contribution >= 4 is 12.0 Å². The van der Waals surface area contributed by atoms with Crippen LogP contribution in [0.3, 0.4) is 0 Å². The molecule has 0 radical (unpaired) electrons. The molecular formula is C15H30N2O3. The van der Waals surface area contributed by atoms with E-state index in [4.69, 9.17) is 5.11 Å². The highest BCUT2D eigenvalue weighted by molar-refractivity contribution is 5.75. The van der Waals surface area contributed by atoms with Gasteiger partial charge < -0.3 is 15.3 Å². The molecule has 0 saturated heterocycles. The summed E-state index contributed by atoms with van der Waals surface area (Å²) in [5.41, 5.74) is 0. The first-order chi connectivity index (χ1) is 9.31. The van der Waals surface area contributed by atoms with Crippen LogP contribution in [-0.4, -0.2) is 40.6 Å². The van der Waals surface area contributed by atoms with Crippen molar-refractivity contribution < 1.29 is 14.7 Å². The van der Waals surface area contributed by atoms with Crippen molar-refractivity contribution in [1.29, 1.82) is 0 Å². The summed E-state index contributed by atoms with van der Waals surface area (Å²) in [6.45, 7) is 10.9. The maximum absolute atomic E-state index is 12.4. The Kier molecular flexibility index (Phi) is 9.01. The monoisotopic (exact) mass is 286 g/mol. The van der Waals surface area contributed by atoms with Crippen molar-refractivity contribution in [3.05, 3.63) is 0 Å². The molecule has 1 unspecified atom stereocenters. The Morgan fingerprint density at radius 3 is 2.10 bits per heavy atom. The van der Waals surface area contributed by atoms with E-state index in [0.29, 0.717) is 12.3 Å². The second-order valence-electron chi connectivity index (χ2n) is 5.80. The van der Waals surface area contributed by atoms with E-state index in [-0.39, 0.29) is 24.5 Å². The molecule has 0 bridgehead atoms. The second-order valence-corrected chi connectivity index (χ2v) is 5.80. The minimum atomic E-state index is -0.829. The van der Waals surface area contributed by atoms with E-state index in [1.165, 1.54) is 0 Å². The summed E-state index contributed by atoms with van der Waals surface area (Å²) in [5.74, 6) is -0.416. The van der Waals surface area contributed by atoms with Gasteiger partial charge in [-0.2, -0.15) is 0 Å². The lowest BCUT2D eigenvalue weighted by atomic mass is 10.1. The van der Waals surface area contributed by atoms with Gasteiger partial charge in [0.2, 0.25) is 0 Å². The number of amides is 2. The van der Waals surface area contributed by atoms with Crippen molar-refractivity contribution in [2.45, 2.75) is 72.4 Å². The zero-order chi connectivity index (χ0) is 15.7. The van der Waals surface area contributed by atoms with Crippen LogP contribution in [0.4, 0.5) is 4.79 Å². The molecule has 2 N–H and O–H groups in total. The molecule has 0 aromatic rings. The number of carboxylic acid groups (broad SMARTS) is 1. The highest BCUT2D eigenvalue weighted by Gasteiger charge is 2.23. The molecule has 0 heterocycles. The fraction of sp³-hybridized carbons (Fsp3) is 0.867. The predicted molar refractivity (Wildman–Crippen MR) is 80.8 cm³/mol. The number of carbonyl (C=O) groups is 2. The number of rotatable bonds is 9. The van der Waals surface area contributed by atoms with Gasteiger partial charge in [-0.1, -0.05) is 27.7 Å². The number of hydrogen-bond acceptors (Lipinski definition) is 2. The molecule has 5 heteroatoms. The number of aliphatic carboxylic acids is 1. The summed E-state index contributed by atoms with van der Waals surface area (Å²) in [5, 5.41) is 11.6. The highest BCUT2D eigenvalue weighted by atomic mass is 16.4. The van der Waals surface area contributed by atoms with Crippen molar-refractivity contribution in [3.63, 3.8) is 0 Å².